The number of esters is 1. The fourth-order valence-electron chi connectivity index (χ4n) is 3.25. The first-order chi connectivity index (χ1) is 15.2. The normalized spacial score (nSPS) is 11.2. The second kappa shape index (κ2) is 10.0. The second-order valence-electron chi connectivity index (χ2n) is 8.53. The zero-order valence-corrected chi connectivity index (χ0v) is 20.0. The minimum Gasteiger partial charge on any atom is -0.483 e. The number of ether oxygens (including phenoxy) is 2. The van der Waals surface area contributed by atoms with E-state index in [1.807, 2.05) is 49.4 Å². The van der Waals surface area contributed by atoms with Crippen molar-refractivity contribution in [2.24, 2.45) is 0 Å². The molecule has 168 valence electrons. The lowest BCUT2D eigenvalue weighted by atomic mass is 9.85. The van der Waals surface area contributed by atoms with E-state index in [0.717, 1.165) is 21.6 Å². The van der Waals surface area contributed by atoms with Crippen LogP contribution in [0.5, 0.6) is 5.75 Å². The van der Waals surface area contributed by atoms with Gasteiger partial charge in [-0.3, -0.25) is 4.79 Å². The molecule has 3 aromatic rings. The Labute approximate surface area is 193 Å². The molecule has 6 heteroatoms. The molecule has 0 radical (unpaired) electrons. The summed E-state index contributed by atoms with van der Waals surface area (Å²) in [6.07, 6.45) is 0. The molecule has 0 aliphatic carbocycles. The third kappa shape index (κ3) is 5.77. The largest absolute Gasteiger partial charge is 0.483 e. The van der Waals surface area contributed by atoms with E-state index in [-0.39, 0.29) is 24.5 Å². The molecule has 0 spiro atoms. The molecule has 1 aromatic heterocycles. The van der Waals surface area contributed by atoms with Crippen LogP contribution >= 0.6 is 11.3 Å². The Morgan fingerprint density at radius 3 is 2.41 bits per heavy atom. The molecule has 5 nitrogen and oxygen atoms in total. The number of hydrogen-bond acceptors (Lipinski definition) is 5. The molecule has 1 N–H and O–H groups in total. The lowest BCUT2D eigenvalue weighted by Gasteiger charge is -2.23. The fraction of sp³-hybridized carbons (Fsp3) is 0.308. The SMILES string of the molecule is CCOC(=O)c1cc(-c2ccccc2)sc1NC(=O)COc1ccc(C)cc1C(C)(C)C. The maximum atomic E-state index is 12.7. The number of rotatable bonds is 7. The molecule has 0 fully saturated rings. The highest BCUT2D eigenvalue weighted by Gasteiger charge is 2.22. The van der Waals surface area contributed by atoms with Crippen molar-refractivity contribution in [3.8, 4) is 16.2 Å². The number of benzene rings is 2. The van der Waals surface area contributed by atoms with Crippen LogP contribution in [0.2, 0.25) is 0 Å². The molecular weight excluding hydrogens is 422 g/mol. The Bertz CT molecular complexity index is 1100. The molecule has 0 saturated heterocycles. The van der Waals surface area contributed by atoms with E-state index in [9.17, 15) is 9.59 Å². The highest BCUT2D eigenvalue weighted by atomic mass is 32.1. The third-order valence-electron chi connectivity index (χ3n) is 4.84. The Kier molecular flexibility index (Phi) is 7.36. The van der Waals surface area contributed by atoms with Crippen molar-refractivity contribution in [1.29, 1.82) is 0 Å². The number of carbonyl (C=O) groups is 2. The molecule has 0 bridgehead atoms. The molecule has 0 aliphatic rings. The molecular formula is C26H29NO4S. The second-order valence-corrected chi connectivity index (χ2v) is 9.58. The minimum atomic E-state index is -0.462. The maximum Gasteiger partial charge on any atom is 0.341 e. The molecule has 0 unspecified atom stereocenters. The Morgan fingerprint density at radius 2 is 1.75 bits per heavy atom. The first-order valence-corrected chi connectivity index (χ1v) is 11.4. The van der Waals surface area contributed by atoms with Gasteiger partial charge in [-0.1, -0.05) is 68.8 Å². The van der Waals surface area contributed by atoms with E-state index in [0.29, 0.717) is 16.3 Å². The van der Waals surface area contributed by atoms with Gasteiger partial charge in [0.1, 0.15) is 10.8 Å². The smallest absolute Gasteiger partial charge is 0.341 e. The van der Waals surface area contributed by atoms with Crippen LogP contribution in [0, 0.1) is 6.92 Å². The first-order valence-electron chi connectivity index (χ1n) is 10.6. The summed E-state index contributed by atoms with van der Waals surface area (Å²) >= 11 is 1.34. The summed E-state index contributed by atoms with van der Waals surface area (Å²) in [4.78, 5) is 26.0. The number of thiophene rings is 1. The standard InChI is InChI=1S/C26H29NO4S/c1-6-30-25(29)19-15-22(18-10-8-7-9-11-18)32-24(19)27-23(28)16-31-21-13-12-17(2)14-20(21)26(3,4)5/h7-15H,6,16H2,1-5H3,(H,27,28). The minimum absolute atomic E-state index is 0.118. The van der Waals surface area contributed by atoms with Crippen molar-refractivity contribution in [3.05, 3.63) is 71.3 Å². The van der Waals surface area contributed by atoms with Crippen molar-refractivity contribution in [2.75, 3.05) is 18.5 Å². The quantitative estimate of drug-likeness (QED) is 0.434. The van der Waals surface area contributed by atoms with E-state index in [2.05, 4.69) is 32.2 Å². The van der Waals surface area contributed by atoms with E-state index in [1.165, 1.54) is 11.3 Å². The van der Waals surface area contributed by atoms with Crippen LogP contribution in [0.1, 0.15) is 49.2 Å². The van der Waals surface area contributed by atoms with Crippen molar-refractivity contribution in [2.45, 2.75) is 40.0 Å². The van der Waals surface area contributed by atoms with Crippen LogP contribution in [-0.2, 0) is 14.9 Å². The number of hydrogen-bond donors (Lipinski definition) is 1. The van der Waals surface area contributed by atoms with Gasteiger partial charge in [-0.25, -0.2) is 4.79 Å². The summed E-state index contributed by atoms with van der Waals surface area (Å²) < 4.78 is 11.0. The molecule has 2 aromatic carbocycles. The number of nitrogens with one attached hydrogen (secondary N) is 1. The van der Waals surface area contributed by atoms with Gasteiger partial charge in [-0.2, -0.15) is 0 Å². The van der Waals surface area contributed by atoms with Gasteiger partial charge in [0.05, 0.1) is 12.2 Å². The van der Waals surface area contributed by atoms with Gasteiger partial charge in [-0.05, 0) is 42.5 Å². The van der Waals surface area contributed by atoms with Crippen molar-refractivity contribution < 1.29 is 19.1 Å². The summed E-state index contributed by atoms with van der Waals surface area (Å²) in [7, 11) is 0. The summed E-state index contributed by atoms with van der Waals surface area (Å²) in [6.45, 7) is 10.2. The van der Waals surface area contributed by atoms with Crippen LogP contribution in [-0.4, -0.2) is 25.1 Å². The molecule has 1 heterocycles. The summed E-state index contributed by atoms with van der Waals surface area (Å²) in [5, 5.41) is 3.29. The Morgan fingerprint density at radius 1 is 1.03 bits per heavy atom. The van der Waals surface area contributed by atoms with Gasteiger partial charge >= 0.3 is 5.97 Å². The van der Waals surface area contributed by atoms with Crippen LogP contribution in [0.15, 0.2) is 54.6 Å². The van der Waals surface area contributed by atoms with Crippen LogP contribution in [0.3, 0.4) is 0 Å². The van der Waals surface area contributed by atoms with E-state index >= 15 is 0 Å². The highest BCUT2D eigenvalue weighted by Crippen LogP contribution is 2.36. The predicted molar refractivity (Wildman–Crippen MR) is 130 cm³/mol. The van der Waals surface area contributed by atoms with Gasteiger partial charge in [0.15, 0.2) is 6.61 Å². The number of anilines is 1. The van der Waals surface area contributed by atoms with Gasteiger partial charge in [0, 0.05) is 4.88 Å². The summed E-state index contributed by atoms with van der Waals surface area (Å²) in [5.74, 6) is -0.117. The van der Waals surface area contributed by atoms with E-state index < -0.39 is 5.97 Å². The van der Waals surface area contributed by atoms with Crippen LogP contribution in [0.4, 0.5) is 5.00 Å². The third-order valence-corrected chi connectivity index (χ3v) is 5.94. The Hall–Kier alpha value is -3.12. The maximum absolute atomic E-state index is 12.7. The van der Waals surface area contributed by atoms with Crippen LogP contribution < -0.4 is 10.1 Å². The molecule has 0 atom stereocenters. The first kappa shape index (κ1) is 23.5. The fourth-order valence-corrected chi connectivity index (χ4v) is 4.32. The van der Waals surface area contributed by atoms with Gasteiger partial charge in [0.25, 0.3) is 5.91 Å². The van der Waals surface area contributed by atoms with Crippen molar-refractivity contribution in [3.63, 3.8) is 0 Å². The molecule has 1 amide bonds. The zero-order valence-electron chi connectivity index (χ0n) is 19.2. The average molecular weight is 452 g/mol. The number of amides is 1. The molecule has 3 rings (SSSR count). The molecule has 0 saturated carbocycles. The Balaban J connectivity index is 1.79. The van der Waals surface area contributed by atoms with Gasteiger partial charge in [0.2, 0.25) is 0 Å². The molecule has 32 heavy (non-hydrogen) atoms. The zero-order chi connectivity index (χ0) is 23.3. The van der Waals surface area contributed by atoms with Crippen molar-refractivity contribution in [1.82, 2.24) is 0 Å². The summed E-state index contributed by atoms with van der Waals surface area (Å²) in [5.41, 5.74) is 3.37. The van der Waals surface area contributed by atoms with Crippen molar-refractivity contribution >= 4 is 28.2 Å². The van der Waals surface area contributed by atoms with E-state index in [1.54, 1.807) is 13.0 Å². The number of aryl methyl sites for hydroxylation is 1. The lowest BCUT2D eigenvalue weighted by molar-refractivity contribution is -0.118. The predicted octanol–water partition coefficient (Wildman–Crippen LogP) is 6.22. The topological polar surface area (TPSA) is 64.6 Å². The monoisotopic (exact) mass is 451 g/mol. The highest BCUT2D eigenvalue weighted by molar-refractivity contribution is 7.20. The van der Waals surface area contributed by atoms with E-state index in [4.69, 9.17) is 9.47 Å². The molecule has 0 aliphatic heterocycles. The lowest BCUT2D eigenvalue weighted by Crippen LogP contribution is -2.22. The van der Waals surface area contributed by atoms with Gasteiger partial charge < -0.3 is 14.8 Å². The van der Waals surface area contributed by atoms with Crippen LogP contribution in [0.25, 0.3) is 10.4 Å². The number of carbonyl (C=O) groups excluding carboxylic acids is 2. The average Bonchev–Trinajstić information content (AvgIpc) is 3.17. The van der Waals surface area contributed by atoms with Gasteiger partial charge in [-0.15, -0.1) is 11.3 Å². The summed E-state index contributed by atoms with van der Waals surface area (Å²) in [6, 6.07) is 17.4.